The van der Waals surface area contributed by atoms with Crippen molar-refractivity contribution in [2.24, 2.45) is 5.92 Å². The van der Waals surface area contributed by atoms with Gasteiger partial charge in [0.1, 0.15) is 5.82 Å². The van der Waals surface area contributed by atoms with Crippen molar-refractivity contribution >= 4 is 22.6 Å². The first-order valence-corrected chi connectivity index (χ1v) is 12.6. The SMILES string of the molecule is O=C(c1cccc2ccccc12)N1CCC(C(=O)N2CCCN(Cc3ccc(F)cc3)CC2)CC1. The van der Waals surface area contributed by atoms with Gasteiger partial charge < -0.3 is 9.80 Å². The highest BCUT2D eigenvalue weighted by Crippen LogP contribution is 2.25. The molecule has 2 saturated heterocycles. The lowest BCUT2D eigenvalue weighted by molar-refractivity contribution is -0.136. The molecule has 5 rings (SSSR count). The minimum atomic E-state index is -0.216. The summed E-state index contributed by atoms with van der Waals surface area (Å²) in [6.07, 6.45) is 2.36. The van der Waals surface area contributed by atoms with E-state index in [1.165, 1.54) is 12.1 Å². The first kappa shape index (κ1) is 23.5. The van der Waals surface area contributed by atoms with Crippen molar-refractivity contribution in [3.05, 3.63) is 83.7 Å². The summed E-state index contributed by atoms with van der Waals surface area (Å²) in [7, 11) is 0. The highest BCUT2D eigenvalue weighted by atomic mass is 19.1. The number of carbonyl (C=O) groups is 2. The van der Waals surface area contributed by atoms with Gasteiger partial charge in [-0.05, 0) is 53.8 Å². The standard InChI is InChI=1S/C29H32FN3O2/c30-25-11-9-22(10-12-25)21-31-15-4-16-32(20-19-31)28(34)24-13-17-33(18-14-24)29(35)27-8-3-6-23-5-1-2-7-26(23)27/h1-3,5-12,24H,4,13-21H2. The predicted molar refractivity (Wildman–Crippen MR) is 135 cm³/mol. The average Bonchev–Trinajstić information content (AvgIpc) is 3.14. The molecular weight excluding hydrogens is 441 g/mol. The highest BCUT2D eigenvalue weighted by Gasteiger charge is 2.31. The Morgan fingerprint density at radius 2 is 1.51 bits per heavy atom. The van der Waals surface area contributed by atoms with E-state index in [4.69, 9.17) is 0 Å². The van der Waals surface area contributed by atoms with Gasteiger partial charge in [0, 0.05) is 57.3 Å². The van der Waals surface area contributed by atoms with Gasteiger partial charge in [-0.2, -0.15) is 0 Å². The first-order valence-electron chi connectivity index (χ1n) is 12.6. The zero-order valence-electron chi connectivity index (χ0n) is 20.0. The van der Waals surface area contributed by atoms with Gasteiger partial charge in [0.2, 0.25) is 5.91 Å². The lowest BCUT2D eigenvalue weighted by Gasteiger charge is -2.34. The van der Waals surface area contributed by atoms with E-state index in [1.807, 2.05) is 64.4 Å². The van der Waals surface area contributed by atoms with Crippen LogP contribution in [0.5, 0.6) is 0 Å². The van der Waals surface area contributed by atoms with Gasteiger partial charge >= 0.3 is 0 Å². The Bertz CT molecular complexity index is 1180. The van der Waals surface area contributed by atoms with Crippen LogP contribution in [0.3, 0.4) is 0 Å². The number of halogens is 1. The molecule has 0 unspecified atom stereocenters. The second kappa shape index (κ2) is 10.6. The zero-order valence-corrected chi connectivity index (χ0v) is 20.0. The number of nitrogens with zero attached hydrogens (tertiary/aromatic N) is 3. The van der Waals surface area contributed by atoms with E-state index in [2.05, 4.69) is 4.90 Å². The summed E-state index contributed by atoms with van der Waals surface area (Å²) < 4.78 is 13.2. The second-order valence-corrected chi connectivity index (χ2v) is 9.67. The summed E-state index contributed by atoms with van der Waals surface area (Å²) in [6, 6.07) is 20.5. The summed E-state index contributed by atoms with van der Waals surface area (Å²) in [4.78, 5) is 32.8. The molecular formula is C29H32FN3O2. The molecule has 0 saturated carbocycles. The molecule has 5 nitrogen and oxygen atoms in total. The number of hydrogen-bond acceptors (Lipinski definition) is 3. The molecule has 0 N–H and O–H groups in total. The van der Waals surface area contributed by atoms with Gasteiger partial charge in [0.25, 0.3) is 5.91 Å². The fraction of sp³-hybridized carbons (Fsp3) is 0.379. The number of likely N-dealkylation sites (tertiary alicyclic amines) is 1. The molecule has 2 heterocycles. The predicted octanol–water partition coefficient (Wildman–Crippen LogP) is 4.57. The highest BCUT2D eigenvalue weighted by molar-refractivity contribution is 6.07. The minimum absolute atomic E-state index is 0.0183. The fourth-order valence-electron chi connectivity index (χ4n) is 5.37. The minimum Gasteiger partial charge on any atom is -0.341 e. The molecule has 0 bridgehead atoms. The Kier molecular flexibility index (Phi) is 7.09. The summed E-state index contributed by atoms with van der Waals surface area (Å²) in [6.45, 7) is 5.24. The molecule has 2 aliphatic heterocycles. The number of carbonyl (C=O) groups excluding carboxylic acids is 2. The molecule has 0 aromatic heterocycles. The molecule has 182 valence electrons. The van der Waals surface area contributed by atoms with E-state index in [-0.39, 0.29) is 23.5 Å². The smallest absolute Gasteiger partial charge is 0.254 e. The molecule has 2 fully saturated rings. The van der Waals surface area contributed by atoms with Crippen LogP contribution in [-0.2, 0) is 11.3 Å². The molecule has 3 aromatic rings. The number of benzene rings is 3. The van der Waals surface area contributed by atoms with E-state index >= 15 is 0 Å². The van der Waals surface area contributed by atoms with Crippen LogP contribution in [0.25, 0.3) is 10.8 Å². The van der Waals surface area contributed by atoms with E-state index in [1.54, 1.807) is 0 Å². The third-order valence-corrected chi connectivity index (χ3v) is 7.37. The van der Waals surface area contributed by atoms with Crippen molar-refractivity contribution in [3.63, 3.8) is 0 Å². The normalized spacial score (nSPS) is 18.0. The van der Waals surface area contributed by atoms with E-state index in [0.29, 0.717) is 25.9 Å². The van der Waals surface area contributed by atoms with Crippen LogP contribution >= 0.6 is 0 Å². The maximum Gasteiger partial charge on any atom is 0.254 e. The van der Waals surface area contributed by atoms with Crippen LogP contribution < -0.4 is 0 Å². The van der Waals surface area contributed by atoms with Crippen molar-refractivity contribution in [1.29, 1.82) is 0 Å². The largest absolute Gasteiger partial charge is 0.341 e. The van der Waals surface area contributed by atoms with E-state index in [0.717, 1.165) is 61.0 Å². The Morgan fingerprint density at radius 3 is 2.31 bits per heavy atom. The number of amides is 2. The topological polar surface area (TPSA) is 43.9 Å². The summed E-state index contributed by atoms with van der Waals surface area (Å²) in [5.41, 5.74) is 1.83. The number of piperidine rings is 1. The monoisotopic (exact) mass is 473 g/mol. The molecule has 6 heteroatoms. The lowest BCUT2D eigenvalue weighted by atomic mass is 9.94. The van der Waals surface area contributed by atoms with Gasteiger partial charge in [-0.25, -0.2) is 4.39 Å². The third-order valence-electron chi connectivity index (χ3n) is 7.37. The summed E-state index contributed by atoms with van der Waals surface area (Å²) >= 11 is 0. The number of rotatable bonds is 4. The number of hydrogen-bond donors (Lipinski definition) is 0. The average molecular weight is 474 g/mol. The van der Waals surface area contributed by atoms with E-state index in [9.17, 15) is 14.0 Å². The van der Waals surface area contributed by atoms with Gasteiger partial charge in [-0.1, -0.05) is 48.5 Å². The quantitative estimate of drug-likeness (QED) is 0.558. The Hall–Kier alpha value is -3.25. The van der Waals surface area contributed by atoms with Crippen molar-refractivity contribution in [2.45, 2.75) is 25.8 Å². The molecule has 0 radical (unpaired) electrons. The van der Waals surface area contributed by atoms with Crippen molar-refractivity contribution < 1.29 is 14.0 Å². The summed E-state index contributed by atoms with van der Waals surface area (Å²) in [5.74, 6) is 0.0475. The van der Waals surface area contributed by atoms with Crippen LogP contribution in [0.1, 0.15) is 35.2 Å². The van der Waals surface area contributed by atoms with Crippen molar-refractivity contribution in [3.8, 4) is 0 Å². The molecule has 0 spiro atoms. The third kappa shape index (κ3) is 5.38. The van der Waals surface area contributed by atoms with Crippen LogP contribution in [0.4, 0.5) is 4.39 Å². The van der Waals surface area contributed by atoms with Crippen molar-refractivity contribution in [1.82, 2.24) is 14.7 Å². The van der Waals surface area contributed by atoms with Crippen LogP contribution in [0.15, 0.2) is 66.7 Å². The number of fused-ring (bicyclic) bond motifs is 1. The first-order chi connectivity index (χ1) is 17.1. The molecule has 35 heavy (non-hydrogen) atoms. The molecule has 0 atom stereocenters. The Morgan fingerprint density at radius 1 is 0.771 bits per heavy atom. The second-order valence-electron chi connectivity index (χ2n) is 9.67. The molecule has 2 aliphatic rings. The van der Waals surface area contributed by atoms with Crippen molar-refractivity contribution in [2.75, 3.05) is 39.3 Å². The lowest BCUT2D eigenvalue weighted by Crippen LogP contribution is -2.45. The van der Waals surface area contributed by atoms with Crippen LogP contribution in [0, 0.1) is 11.7 Å². The summed E-state index contributed by atoms with van der Waals surface area (Å²) in [5, 5.41) is 2.05. The zero-order chi connectivity index (χ0) is 24.2. The Labute approximate surface area is 206 Å². The van der Waals surface area contributed by atoms with Crippen LogP contribution in [-0.4, -0.2) is 65.8 Å². The van der Waals surface area contributed by atoms with Gasteiger partial charge in [0.05, 0.1) is 0 Å². The van der Waals surface area contributed by atoms with E-state index < -0.39 is 0 Å². The molecule has 3 aromatic carbocycles. The molecule has 2 amide bonds. The van der Waals surface area contributed by atoms with Gasteiger partial charge in [0.15, 0.2) is 0 Å². The fourth-order valence-corrected chi connectivity index (χ4v) is 5.37. The Balaban J connectivity index is 1.15. The molecule has 0 aliphatic carbocycles. The van der Waals surface area contributed by atoms with Crippen LogP contribution in [0.2, 0.25) is 0 Å². The van der Waals surface area contributed by atoms with Gasteiger partial charge in [-0.15, -0.1) is 0 Å². The van der Waals surface area contributed by atoms with Gasteiger partial charge in [-0.3, -0.25) is 14.5 Å². The maximum absolute atomic E-state index is 13.3. The maximum atomic E-state index is 13.3.